The van der Waals surface area contributed by atoms with Crippen molar-refractivity contribution < 1.29 is 18.7 Å². The zero-order valence-electron chi connectivity index (χ0n) is 15.4. The molecule has 2 N–H and O–H groups in total. The van der Waals surface area contributed by atoms with Crippen LogP contribution in [0.3, 0.4) is 0 Å². The van der Waals surface area contributed by atoms with E-state index in [2.05, 4.69) is 10.6 Å². The summed E-state index contributed by atoms with van der Waals surface area (Å²) >= 11 is 5.73. The number of para-hydroxylation sites is 2. The summed E-state index contributed by atoms with van der Waals surface area (Å²) in [6.45, 7) is 2.67. The highest BCUT2D eigenvalue weighted by Crippen LogP contribution is 2.33. The Balaban J connectivity index is 1.73. The van der Waals surface area contributed by atoms with Crippen molar-refractivity contribution in [2.24, 2.45) is 0 Å². The van der Waals surface area contributed by atoms with Crippen molar-refractivity contribution in [3.8, 4) is 5.75 Å². The van der Waals surface area contributed by atoms with Crippen LogP contribution in [-0.2, 0) is 9.59 Å². The summed E-state index contributed by atoms with van der Waals surface area (Å²) in [5, 5.41) is 5.59. The van der Waals surface area contributed by atoms with Crippen LogP contribution in [0.2, 0.25) is 5.02 Å². The lowest BCUT2D eigenvalue weighted by Gasteiger charge is -2.35. The van der Waals surface area contributed by atoms with Crippen LogP contribution in [0, 0.1) is 5.82 Å². The van der Waals surface area contributed by atoms with Crippen molar-refractivity contribution in [3.63, 3.8) is 0 Å². The van der Waals surface area contributed by atoms with Crippen molar-refractivity contribution in [2.45, 2.75) is 19.4 Å². The second-order valence-electron chi connectivity index (χ2n) is 6.42. The minimum Gasteiger partial charge on any atom is -0.477 e. The van der Waals surface area contributed by atoms with Crippen LogP contribution in [-0.4, -0.2) is 37.6 Å². The topological polar surface area (TPSA) is 70.7 Å². The highest BCUT2D eigenvalue weighted by Gasteiger charge is 2.31. The van der Waals surface area contributed by atoms with Crippen LogP contribution in [0.15, 0.2) is 42.5 Å². The lowest BCUT2D eigenvalue weighted by molar-refractivity contribution is -0.128. The molecule has 8 heteroatoms. The van der Waals surface area contributed by atoms with Crippen LogP contribution in [0.4, 0.5) is 15.8 Å². The van der Waals surface area contributed by atoms with Gasteiger partial charge in [-0.3, -0.25) is 9.59 Å². The second kappa shape index (κ2) is 8.93. The average molecular weight is 406 g/mol. The standard InChI is InChI=1S/C20H21ClFN3O3/c1-2-9-23-20(27)18-11-25(16-5-3-4-6-17(16)28-18)12-19(26)24-15-8-7-13(21)10-14(15)22/h3-8,10,18H,2,9,11-12H2,1H3,(H,23,27)(H,24,26)/t18-/m0/s1. The Kier molecular flexibility index (Phi) is 6.36. The van der Waals surface area contributed by atoms with E-state index in [0.29, 0.717) is 18.0 Å². The first-order valence-corrected chi connectivity index (χ1v) is 9.39. The minimum absolute atomic E-state index is 0.0492. The van der Waals surface area contributed by atoms with Crippen molar-refractivity contribution in [1.29, 1.82) is 0 Å². The van der Waals surface area contributed by atoms with Gasteiger partial charge in [-0.25, -0.2) is 4.39 Å². The van der Waals surface area contributed by atoms with E-state index < -0.39 is 17.8 Å². The van der Waals surface area contributed by atoms with E-state index in [1.165, 1.54) is 12.1 Å². The molecule has 0 bridgehead atoms. The summed E-state index contributed by atoms with van der Waals surface area (Å²) in [5.41, 5.74) is 0.752. The van der Waals surface area contributed by atoms with Gasteiger partial charge in [0.15, 0.2) is 6.10 Å². The molecule has 6 nitrogen and oxygen atoms in total. The van der Waals surface area contributed by atoms with E-state index >= 15 is 0 Å². The summed E-state index contributed by atoms with van der Waals surface area (Å²) in [5.74, 6) is -0.730. The van der Waals surface area contributed by atoms with Crippen LogP contribution in [0.1, 0.15) is 13.3 Å². The van der Waals surface area contributed by atoms with Gasteiger partial charge in [-0.2, -0.15) is 0 Å². The van der Waals surface area contributed by atoms with Gasteiger partial charge in [0, 0.05) is 11.6 Å². The highest BCUT2D eigenvalue weighted by molar-refractivity contribution is 6.30. The maximum absolute atomic E-state index is 13.9. The van der Waals surface area contributed by atoms with Crippen molar-refractivity contribution in [3.05, 3.63) is 53.3 Å². The number of halogens is 2. The Labute approximate surface area is 167 Å². The number of nitrogens with one attached hydrogen (secondary N) is 2. The Morgan fingerprint density at radius 3 is 2.82 bits per heavy atom. The fourth-order valence-electron chi connectivity index (χ4n) is 2.91. The predicted molar refractivity (Wildman–Crippen MR) is 106 cm³/mol. The van der Waals surface area contributed by atoms with Crippen molar-refractivity contribution in [2.75, 3.05) is 29.9 Å². The molecule has 0 spiro atoms. The number of rotatable bonds is 6. The summed E-state index contributed by atoms with van der Waals surface area (Å²) < 4.78 is 19.7. The molecule has 1 atom stereocenters. The predicted octanol–water partition coefficient (Wildman–Crippen LogP) is 3.21. The van der Waals surface area contributed by atoms with Crippen molar-refractivity contribution >= 4 is 34.8 Å². The normalized spacial score (nSPS) is 15.4. The molecule has 0 aliphatic carbocycles. The molecule has 2 aromatic rings. The van der Waals surface area contributed by atoms with Gasteiger partial charge in [0.2, 0.25) is 5.91 Å². The first-order valence-electron chi connectivity index (χ1n) is 9.01. The quantitative estimate of drug-likeness (QED) is 0.774. The molecule has 0 saturated heterocycles. The number of benzene rings is 2. The van der Waals surface area contributed by atoms with Gasteiger partial charge in [0.05, 0.1) is 24.5 Å². The largest absolute Gasteiger partial charge is 0.477 e. The van der Waals surface area contributed by atoms with E-state index in [1.54, 1.807) is 17.0 Å². The fraction of sp³-hybridized carbons (Fsp3) is 0.300. The van der Waals surface area contributed by atoms with Gasteiger partial charge in [0.25, 0.3) is 5.91 Å². The first kappa shape index (κ1) is 19.9. The Morgan fingerprint density at radius 2 is 2.07 bits per heavy atom. The van der Waals surface area contributed by atoms with Crippen LogP contribution in [0.25, 0.3) is 0 Å². The monoisotopic (exact) mass is 405 g/mol. The number of hydrogen-bond donors (Lipinski definition) is 2. The van der Waals surface area contributed by atoms with Gasteiger partial charge in [-0.05, 0) is 36.8 Å². The third-order valence-corrected chi connectivity index (χ3v) is 4.48. The number of ether oxygens (including phenoxy) is 1. The average Bonchev–Trinajstić information content (AvgIpc) is 2.68. The number of nitrogens with zero attached hydrogens (tertiary/aromatic N) is 1. The number of fused-ring (bicyclic) bond motifs is 1. The van der Waals surface area contributed by atoms with Crippen LogP contribution >= 0.6 is 11.6 Å². The molecule has 2 aromatic carbocycles. The molecule has 0 saturated carbocycles. The lowest BCUT2D eigenvalue weighted by Crippen LogP contribution is -2.50. The molecule has 1 heterocycles. The molecule has 0 aromatic heterocycles. The third kappa shape index (κ3) is 4.72. The van der Waals surface area contributed by atoms with Gasteiger partial charge in [-0.1, -0.05) is 30.7 Å². The second-order valence-corrected chi connectivity index (χ2v) is 6.85. The SMILES string of the molecule is CCCNC(=O)[C@@H]1CN(CC(=O)Nc2ccc(Cl)cc2F)c2ccccc2O1. The number of carbonyl (C=O) groups excluding carboxylic acids is 2. The molecule has 3 rings (SSSR count). The molecule has 0 fully saturated rings. The Hall–Kier alpha value is -2.80. The van der Waals surface area contributed by atoms with Gasteiger partial charge >= 0.3 is 0 Å². The minimum atomic E-state index is -0.735. The number of anilines is 2. The number of carbonyl (C=O) groups is 2. The number of amides is 2. The first-order chi connectivity index (χ1) is 13.5. The van der Waals surface area contributed by atoms with E-state index in [-0.39, 0.29) is 29.7 Å². The number of hydrogen-bond acceptors (Lipinski definition) is 4. The molecule has 1 aliphatic rings. The zero-order chi connectivity index (χ0) is 20.1. The highest BCUT2D eigenvalue weighted by atomic mass is 35.5. The summed E-state index contributed by atoms with van der Waals surface area (Å²) in [4.78, 5) is 26.6. The molecule has 2 amide bonds. The molecule has 28 heavy (non-hydrogen) atoms. The van der Waals surface area contributed by atoms with Crippen LogP contribution < -0.4 is 20.3 Å². The summed E-state index contributed by atoms with van der Waals surface area (Å²) in [6, 6.07) is 11.2. The Morgan fingerprint density at radius 1 is 1.29 bits per heavy atom. The van der Waals surface area contributed by atoms with Crippen molar-refractivity contribution in [1.82, 2.24) is 5.32 Å². The maximum Gasteiger partial charge on any atom is 0.262 e. The van der Waals surface area contributed by atoms with Gasteiger partial charge in [-0.15, -0.1) is 0 Å². The molecule has 0 unspecified atom stereocenters. The fourth-order valence-corrected chi connectivity index (χ4v) is 3.07. The molecule has 148 valence electrons. The Bertz CT molecular complexity index is 878. The maximum atomic E-state index is 13.9. The smallest absolute Gasteiger partial charge is 0.262 e. The van der Waals surface area contributed by atoms with Gasteiger partial charge < -0.3 is 20.3 Å². The van der Waals surface area contributed by atoms with Gasteiger partial charge in [0.1, 0.15) is 11.6 Å². The zero-order valence-corrected chi connectivity index (χ0v) is 16.1. The summed E-state index contributed by atoms with van der Waals surface area (Å²) in [6.07, 6.45) is 0.0786. The molecule has 0 radical (unpaired) electrons. The molecule has 1 aliphatic heterocycles. The van der Waals surface area contributed by atoms with Crippen LogP contribution in [0.5, 0.6) is 5.75 Å². The molecular formula is C20H21ClFN3O3. The third-order valence-electron chi connectivity index (χ3n) is 4.24. The molecular weight excluding hydrogens is 385 g/mol. The van der Waals surface area contributed by atoms with E-state index in [4.69, 9.17) is 16.3 Å². The van der Waals surface area contributed by atoms with E-state index in [0.717, 1.165) is 12.5 Å². The lowest BCUT2D eigenvalue weighted by atomic mass is 10.1. The van der Waals surface area contributed by atoms with E-state index in [9.17, 15) is 14.0 Å². The summed E-state index contributed by atoms with van der Waals surface area (Å²) in [7, 11) is 0. The van der Waals surface area contributed by atoms with E-state index in [1.807, 2.05) is 19.1 Å².